The number of aromatic nitrogens is 1. The maximum Gasteiger partial charge on any atom is 0.253 e. The first-order valence-corrected chi connectivity index (χ1v) is 13.2. The Morgan fingerprint density at radius 1 is 1.09 bits per heavy atom. The number of carbonyl (C=O) groups is 2. The second-order valence-electron chi connectivity index (χ2n) is 8.67. The Bertz CT molecular complexity index is 1400. The van der Waals surface area contributed by atoms with Gasteiger partial charge in [-0.2, -0.15) is 0 Å². The molecular weight excluding hydrogens is 498 g/mol. The first-order valence-electron chi connectivity index (χ1n) is 10.7. The Balaban J connectivity index is 2.16. The maximum atomic E-state index is 15.0. The summed E-state index contributed by atoms with van der Waals surface area (Å²) in [6.07, 6.45) is 2.27. The molecule has 0 unspecified atom stereocenters. The molecule has 2 N–H and O–H groups in total. The normalized spacial score (nSPS) is 12.6. The molecule has 1 amide bonds. The van der Waals surface area contributed by atoms with E-state index >= 15 is 0 Å². The molecule has 0 spiro atoms. The van der Waals surface area contributed by atoms with Crippen LogP contribution in [0.25, 0.3) is 11.1 Å². The van der Waals surface area contributed by atoms with E-state index in [-0.39, 0.29) is 27.9 Å². The fourth-order valence-corrected chi connectivity index (χ4v) is 4.87. The third-order valence-corrected chi connectivity index (χ3v) is 6.69. The van der Waals surface area contributed by atoms with Gasteiger partial charge in [0.05, 0.1) is 23.1 Å². The number of rotatable bonds is 8. The minimum absolute atomic E-state index is 0.0415. The highest BCUT2D eigenvalue weighted by Crippen LogP contribution is 2.35. The van der Waals surface area contributed by atoms with Crippen LogP contribution in [0.1, 0.15) is 51.9 Å². The summed E-state index contributed by atoms with van der Waals surface area (Å²) in [6.45, 7) is 4.63. The van der Waals surface area contributed by atoms with E-state index in [9.17, 15) is 26.8 Å². The topological polar surface area (TPSA) is 96.1 Å². The van der Waals surface area contributed by atoms with E-state index < -0.39 is 50.9 Å². The van der Waals surface area contributed by atoms with Crippen LogP contribution in [-0.2, 0) is 9.84 Å². The molecule has 3 rings (SSSR count). The molecule has 0 saturated carbocycles. The molecule has 3 aromatic rings. The third-order valence-electron chi connectivity index (χ3n) is 5.52. The van der Waals surface area contributed by atoms with Crippen LogP contribution in [0.15, 0.2) is 42.6 Å². The number of carbonyl (C=O) groups excluding carboxylic acids is 2. The molecule has 1 aromatic heterocycles. The Morgan fingerprint density at radius 3 is 2.34 bits per heavy atom. The molecule has 0 bridgehead atoms. The van der Waals surface area contributed by atoms with Crippen molar-refractivity contribution in [2.45, 2.75) is 26.8 Å². The molecule has 0 saturated heterocycles. The quantitative estimate of drug-likeness (QED) is 0.394. The van der Waals surface area contributed by atoms with Gasteiger partial charge < -0.3 is 10.3 Å². The predicted molar refractivity (Wildman–Crippen MR) is 131 cm³/mol. The number of hydrogen-bond acceptors (Lipinski definition) is 4. The zero-order valence-electron chi connectivity index (χ0n) is 19.6. The molecule has 10 heteroatoms. The zero-order valence-corrected chi connectivity index (χ0v) is 21.2. The second-order valence-corrected chi connectivity index (χ2v) is 11.3. The predicted octanol–water partition coefficient (Wildman–Crippen LogP) is 5.28. The van der Waals surface area contributed by atoms with Crippen molar-refractivity contribution in [1.29, 1.82) is 0 Å². The summed E-state index contributed by atoms with van der Waals surface area (Å²) < 4.78 is 53.5. The number of nitrogens with one attached hydrogen (secondary N) is 2. The van der Waals surface area contributed by atoms with Gasteiger partial charge in [-0.25, -0.2) is 17.2 Å². The van der Waals surface area contributed by atoms with Gasteiger partial charge in [0, 0.05) is 34.5 Å². The van der Waals surface area contributed by atoms with Crippen LogP contribution in [0.5, 0.6) is 0 Å². The van der Waals surface area contributed by atoms with Crippen LogP contribution in [0.2, 0.25) is 5.02 Å². The van der Waals surface area contributed by atoms with Crippen molar-refractivity contribution < 1.29 is 26.8 Å². The minimum atomic E-state index is -3.54. The van der Waals surface area contributed by atoms with Crippen molar-refractivity contribution in [3.8, 4) is 11.1 Å². The summed E-state index contributed by atoms with van der Waals surface area (Å²) in [5.41, 5.74) is -0.0936. The zero-order chi connectivity index (χ0) is 26.1. The first kappa shape index (κ1) is 26.6. The van der Waals surface area contributed by atoms with E-state index in [4.69, 9.17) is 11.6 Å². The molecule has 2 aromatic carbocycles. The van der Waals surface area contributed by atoms with Gasteiger partial charge in [0.25, 0.3) is 5.91 Å². The fourth-order valence-electron chi connectivity index (χ4n) is 3.79. The Hall–Kier alpha value is -3.04. The summed E-state index contributed by atoms with van der Waals surface area (Å²) in [6, 6.07) is 7.27. The van der Waals surface area contributed by atoms with Crippen LogP contribution in [0, 0.1) is 24.5 Å². The highest BCUT2D eigenvalue weighted by Gasteiger charge is 2.30. The maximum absolute atomic E-state index is 15.0. The summed E-state index contributed by atoms with van der Waals surface area (Å²) >= 11 is 6.05. The summed E-state index contributed by atoms with van der Waals surface area (Å²) in [5, 5.41) is 3.00. The summed E-state index contributed by atoms with van der Waals surface area (Å²) in [4.78, 5) is 29.0. The lowest BCUT2D eigenvalue weighted by molar-refractivity contribution is 0.0933. The van der Waals surface area contributed by atoms with Gasteiger partial charge in [-0.05, 0) is 42.3 Å². The van der Waals surface area contributed by atoms with E-state index in [1.54, 1.807) is 32.0 Å². The molecule has 186 valence electrons. The van der Waals surface area contributed by atoms with Gasteiger partial charge in [-0.15, -0.1) is 0 Å². The van der Waals surface area contributed by atoms with Crippen LogP contribution in [-0.4, -0.2) is 37.1 Å². The van der Waals surface area contributed by atoms with Gasteiger partial charge >= 0.3 is 0 Å². The number of hydrogen-bond donors (Lipinski definition) is 2. The lowest BCUT2D eigenvalue weighted by Gasteiger charge is -2.19. The van der Waals surface area contributed by atoms with Gasteiger partial charge in [0.1, 0.15) is 21.5 Å². The van der Waals surface area contributed by atoms with Gasteiger partial charge in [-0.1, -0.05) is 37.6 Å². The van der Waals surface area contributed by atoms with E-state index in [1.165, 1.54) is 19.2 Å². The summed E-state index contributed by atoms with van der Waals surface area (Å²) in [5.74, 6) is -3.60. The molecule has 0 aliphatic carbocycles. The molecule has 6 nitrogen and oxygen atoms in total. The monoisotopic (exact) mass is 522 g/mol. The molecule has 0 aliphatic heterocycles. The molecule has 35 heavy (non-hydrogen) atoms. The number of Topliss-reactive ketones (excluding diaryl/α,β-unsaturated/α-hetero) is 1. The number of aromatic amines is 1. The lowest BCUT2D eigenvalue weighted by atomic mass is 9.92. The van der Waals surface area contributed by atoms with E-state index in [1.807, 2.05) is 0 Å². The molecule has 0 fully saturated rings. The van der Waals surface area contributed by atoms with Crippen molar-refractivity contribution >= 4 is 33.1 Å². The molecular formula is C25H25ClF2N2O4S. The molecule has 1 atom stereocenters. The Morgan fingerprint density at radius 2 is 1.74 bits per heavy atom. The number of ketones is 1. The fraction of sp³-hybridized carbons (Fsp3) is 0.280. The van der Waals surface area contributed by atoms with Crippen molar-refractivity contribution in [3.05, 3.63) is 81.6 Å². The van der Waals surface area contributed by atoms with Crippen molar-refractivity contribution in [2.24, 2.45) is 5.92 Å². The number of halogens is 3. The summed E-state index contributed by atoms with van der Waals surface area (Å²) in [7, 11) is -3.54. The molecule has 0 radical (unpaired) electrons. The highest BCUT2D eigenvalue weighted by molar-refractivity contribution is 7.90. The smallest absolute Gasteiger partial charge is 0.253 e. The van der Waals surface area contributed by atoms with Gasteiger partial charge in [0.2, 0.25) is 0 Å². The average molecular weight is 523 g/mol. The van der Waals surface area contributed by atoms with Crippen molar-refractivity contribution in [2.75, 3.05) is 12.0 Å². The SMILES string of the molecule is Cc1c(F)ccc(F)c1-c1c(C(=O)N[C@@H](CS(C)(=O)=O)c2cccc(Cl)c2)c[nH]c1C(=O)C(C)C. The van der Waals surface area contributed by atoms with E-state index in [2.05, 4.69) is 10.3 Å². The van der Waals surface area contributed by atoms with Gasteiger partial charge in [-0.3, -0.25) is 9.59 Å². The van der Waals surface area contributed by atoms with Crippen molar-refractivity contribution in [1.82, 2.24) is 10.3 Å². The second kappa shape index (κ2) is 10.3. The standard InChI is InChI=1S/C25H25ClF2N2O4S/c1-13(2)24(31)23-22(21-14(3)18(27)8-9-19(21)28)17(11-29-23)25(32)30-20(12-35(4,33)34)15-6-5-7-16(26)10-15/h5-11,13,20,29H,12H2,1-4H3,(H,30,32)/t20-/m0/s1. The Labute approximate surface area is 207 Å². The van der Waals surface area contributed by atoms with Crippen LogP contribution in [0.4, 0.5) is 8.78 Å². The van der Waals surface area contributed by atoms with Gasteiger partial charge in [0.15, 0.2) is 5.78 Å². The third kappa shape index (κ3) is 5.97. The van der Waals surface area contributed by atoms with Crippen LogP contribution < -0.4 is 5.32 Å². The number of amides is 1. The number of sulfone groups is 1. The highest BCUT2D eigenvalue weighted by atomic mass is 35.5. The van der Waals surface area contributed by atoms with E-state index in [0.29, 0.717) is 10.6 Å². The number of benzene rings is 2. The van der Waals surface area contributed by atoms with Crippen LogP contribution >= 0.6 is 11.6 Å². The first-order chi connectivity index (χ1) is 16.3. The Kier molecular flexibility index (Phi) is 7.81. The molecule has 0 aliphatic rings. The largest absolute Gasteiger partial charge is 0.357 e. The number of H-pyrrole nitrogens is 1. The van der Waals surface area contributed by atoms with Crippen molar-refractivity contribution in [3.63, 3.8) is 0 Å². The van der Waals surface area contributed by atoms with E-state index in [0.717, 1.165) is 18.4 Å². The minimum Gasteiger partial charge on any atom is -0.357 e. The van der Waals surface area contributed by atoms with Crippen LogP contribution in [0.3, 0.4) is 0 Å². The average Bonchev–Trinajstić information content (AvgIpc) is 3.19. The molecule has 1 heterocycles. The lowest BCUT2D eigenvalue weighted by Crippen LogP contribution is -2.33.